The van der Waals surface area contributed by atoms with Crippen LogP contribution in [-0.4, -0.2) is 5.16 Å². The molecule has 0 bridgehead atoms. The van der Waals surface area contributed by atoms with Crippen molar-refractivity contribution in [3.05, 3.63) is 35.5 Å². The lowest BCUT2D eigenvalue weighted by atomic mass is 10.0. The zero-order valence-corrected chi connectivity index (χ0v) is 13.2. The van der Waals surface area contributed by atoms with E-state index in [2.05, 4.69) is 43.3 Å². The Morgan fingerprint density at radius 3 is 2.38 bits per heavy atom. The van der Waals surface area contributed by atoms with Gasteiger partial charge in [0.15, 0.2) is 0 Å². The zero-order chi connectivity index (χ0) is 15.1. The summed E-state index contributed by atoms with van der Waals surface area (Å²) in [6.07, 6.45) is 8.61. The van der Waals surface area contributed by atoms with E-state index in [1.54, 1.807) is 0 Å². The van der Waals surface area contributed by atoms with Gasteiger partial charge in [-0.2, -0.15) is 0 Å². The summed E-state index contributed by atoms with van der Waals surface area (Å²) in [6, 6.07) is 8.36. The molecule has 0 saturated carbocycles. The van der Waals surface area contributed by atoms with Crippen LogP contribution in [0.1, 0.15) is 56.7 Å². The maximum absolute atomic E-state index is 5.95. The van der Waals surface area contributed by atoms with E-state index in [0.717, 1.165) is 29.7 Å². The fourth-order valence-corrected chi connectivity index (χ4v) is 2.61. The summed E-state index contributed by atoms with van der Waals surface area (Å²) >= 11 is 0. The predicted octanol–water partition coefficient (Wildman–Crippen LogP) is 5.14. The van der Waals surface area contributed by atoms with Gasteiger partial charge in [0.1, 0.15) is 0 Å². The van der Waals surface area contributed by atoms with Crippen LogP contribution in [0.5, 0.6) is 0 Å². The molecule has 0 atom stereocenters. The van der Waals surface area contributed by atoms with Crippen LogP contribution in [0.25, 0.3) is 11.1 Å². The Morgan fingerprint density at radius 1 is 1.00 bits per heavy atom. The van der Waals surface area contributed by atoms with Gasteiger partial charge < -0.3 is 10.3 Å². The molecular weight excluding hydrogens is 260 g/mol. The molecule has 3 heteroatoms. The first-order valence-electron chi connectivity index (χ1n) is 8.03. The first-order chi connectivity index (χ1) is 10.2. The molecule has 0 spiro atoms. The van der Waals surface area contributed by atoms with Gasteiger partial charge in [-0.15, -0.1) is 0 Å². The molecule has 21 heavy (non-hydrogen) atoms. The molecule has 3 nitrogen and oxygen atoms in total. The van der Waals surface area contributed by atoms with Crippen LogP contribution in [0, 0.1) is 6.92 Å². The maximum atomic E-state index is 5.95. The number of unbranched alkanes of at least 4 members (excludes halogenated alkanes) is 5. The molecule has 0 unspecified atom stereocenters. The van der Waals surface area contributed by atoms with Gasteiger partial charge in [0.25, 0.3) is 0 Å². The molecule has 1 aromatic carbocycles. The molecule has 0 saturated heterocycles. The lowest BCUT2D eigenvalue weighted by Gasteiger charge is -2.04. The van der Waals surface area contributed by atoms with E-state index in [9.17, 15) is 0 Å². The summed E-state index contributed by atoms with van der Waals surface area (Å²) in [5, 5.41) is 4.15. The number of aryl methyl sites for hydroxylation is 2. The molecule has 2 aromatic rings. The van der Waals surface area contributed by atoms with Gasteiger partial charge in [-0.05, 0) is 25.3 Å². The van der Waals surface area contributed by atoms with Crippen LogP contribution < -0.4 is 5.73 Å². The highest BCUT2D eigenvalue weighted by atomic mass is 16.5. The van der Waals surface area contributed by atoms with Gasteiger partial charge in [0.05, 0.1) is 11.3 Å². The van der Waals surface area contributed by atoms with E-state index in [1.165, 1.54) is 37.7 Å². The molecule has 0 aliphatic carbocycles. The van der Waals surface area contributed by atoms with E-state index in [1.807, 2.05) is 0 Å². The number of aromatic nitrogens is 1. The standard InChI is InChI=1S/C18H26N2O/c1-3-4-5-6-7-8-9-16-17(18(19)21-20-16)15-12-10-14(2)11-13-15/h10-13H,3-9,19H2,1-2H3. The highest BCUT2D eigenvalue weighted by Gasteiger charge is 2.15. The summed E-state index contributed by atoms with van der Waals surface area (Å²) in [7, 11) is 0. The van der Waals surface area contributed by atoms with Gasteiger partial charge in [-0.25, -0.2) is 0 Å². The third-order valence-corrected chi connectivity index (χ3v) is 3.90. The number of nitrogens with two attached hydrogens (primary N) is 1. The first-order valence-corrected chi connectivity index (χ1v) is 8.03. The maximum Gasteiger partial charge on any atom is 0.230 e. The number of rotatable bonds is 8. The minimum Gasteiger partial charge on any atom is -0.367 e. The molecule has 0 radical (unpaired) electrons. The van der Waals surface area contributed by atoms with E-state index >= 15 is 0 Å². The van der Waals surface area contributed by atoms with Crippen molar-refractivity contribution in [2.45, 2.75) is 58.8 Å². The molecular formula is C18H26N2O. The molecule has 1 aromatic heterocycles. The summed E-state index contributed by atoms with van der Waals surface area (Å²) in [5.41, 5.74) is 10.3. The Morgan fingerprint density at radius 2 is 1.67 bits per heavy atom. The Bertz CT molecular complexity index is 543. The minimum atomic E-state index is 0.430. The van der Waals surface area contributed by atoms with Crippen molar-refractivity contribution in [2.24, 2.45) is 0 Å². The van der Waals surface area contributed by atoms with Crippen LogP contribution in [0.4, 0.5) is 5.88 Å². The lowest BCUT2D eigenvalue weighted by Crippen LogP contribution is -1.92. The number of nitrogen functional groups attached to an aromatic ring is 1. The second-order valence-electron chi connectivity index (χ2n) is 5.75. The normalized spacial score (nSPS) is 11.0. The average molecular weight is 286 g/mol. The topological polar surface area (TPSA) is 52.0 Å². The van der Waals surface area contributed by atoms with Crippen LogP contribution in [0.15, 0.2) is 28.8 Å². The fraction of sp³-hybridized carbons (Fsp3) is 0.500. The Labute approximate surface area is 127 Å². The fourth-order valence-electron chi connectivity index (χ4n) is 2.61. The smallest absolute Gasteiger partial charge is 0.230 e. The van der Waals surface area contributed by atoms with Crippen LogP contribution in [0.2, 0.25) is 0 Å². The number of nitrogens with zero attached hydrogens (tertiary/aromatic N) is 1. The summed E-state index contributed by atoms with van der Waals surface area (Å²) < 4.78 is 5.20. The van der Waals surface area contributed by atoms with Crippen molar-refractivity contribution in [1.82, 2.24) is 5.16 Å². The first kappa shape index (κ1) is 15.6. The van der Waals surface area contributed by atoms with Gasteiger partial charge in [-0.1, -0.05) is 74.0 Å². The van der Waals surface area contributed by atoms with Crippen molar-refractivity contribution in [1.29, 1.82) is 0 Å². The molecule has 1 heterocycles. The van der Waals surface area contributed by atoms with Crippen molar-refractivity contribution < 1.29 is 4.52 Å². The highest BCUT2D eigenvalue weighted by molar-refractivity contribution is 5.75. The van der Waals surface area contributed by atoms with Crippen LogP contribution >= 0.6 is 0 Å². The molecule has 114 valence electrons. The molecule has 2 N–H and O–H groups in total. The van der Waals surface area contributed by atoms with E-state index in [4.69, 9.17) is 10.3 Å². The number of anilines is 1. The molecule has 0 aliphatic rings. The number of hydrogen-bond donors (Lipinski definition) is 1. The monoisotopic (exact) mass is 286 g/mol. The average Bonchev–Trinajstić information content (AvgIpc) is 2.85. The molecule has 0 amide bonds. The molecule has 2 rings (SSSR count). The van der Waals surface area contributed by atoms with E-state index < -0.39 is 0 Å². The third-order valence-electron chi connectivity index (χ3n) is 3.90. The summed E-state index contributed by atoms with van der Waals surface area (Å²) in [6.45, 7) is 4.32. The van der Waals surface area contributed by atoms with Crippen molar-refractivity contribution >= 4 is 5.88 Å². The highest BCUT2D eigenvalue weighted by Crippen LogP contribution is 2.30. The molecule has 0 aliphatic heterocycles. The Kier molecular flexibility index (Phi) is 5.85. The largest absolute Gasteiger partial charge is 0.367 e. The second-order valence-corrected chi connectivity index (χ2v) is 5.75. The minimum absolute atomic E-state index is 0.430. The van der Waals surface area contributed by atoms with Gasteiger partial charge in [0, 0.05) is 0 Å². The number of benzene rings is 1. The predicted molar refractivity (Wildman–Crippen MR) is 88.2 cm³/mol. The lowest BCUT2D eigenvalue weighted by molar-refractivity contribution is 0.425. The number of hydrogen-bond acceptors (Lipinski definition) is 3. The summed E-state index contributed by atoms with van der Waals surface area (Å²) in [4.78, 5) is 0. The SMILES string of the molecule is CCCCCCCCc1noc(N)c1-c1ccc(C)cc1. The van der Waals surface area contributed by atoms with E-state index in [0.29, 0.717) is 5.88 Å². The van der Waals surface area contributed by atoms with E-state index in [-0.39, 0.29) is 0 Å². The third kappa shape index (κ3) is 4.35. The van der Waals surface area contributed by atoms with Gasteiger partial charge >= 0.3 is 0 Å². The molecule has 0 fully saturated rings. The zero-order valence-electron chi connectivity index (χ0n) is 13.2. The van der Waals surface area contributed by atoms with Crippen LogP contribution in [0.3, 0.4) is 0 Å². The van der Waals surface area contributed by atoms with Gasteiger partial charge in [-0.3, -0.25) is 0 Å². The van der Waals surface area contributed by atoms with Gasteiger partial charge in [0.2, 0.25) is 5.88 Å². The van der Waals surface area contributed by atoms with Crippen molar-refractivity contribution in [3.8, 4) is 11.1 Å². The Balaban J connectivity index is 1.96. The summed E-state index contributed by atoms with van der Waals surface area (Å²) in [5.74, 6) is 0.430. The second kappa shape index (κ2) is 7.87. The van der Waals surface area contributed by atoms with Crippen molar-refractivity contribution in [2.75, 3.05) is 5.73 Å². The van der Waals surface area contributed by atoms with Crippen LogP contribution in [-0.2, 0) is 6.42 Å². The van der Waals surface area contributed by atoms with Crippen molar-refractivity contribution in [3.63, 3.8) is 0 Å². The Hall–Kier alpha value is -1.77. The quantitative estimate of drug-likeness (QED) is 0.684.